The maximum absolute atomic E-state index is 11.0. The zero-order valence-corrected chi connectivity index (χ0v) is 8.07. The van der Waals surface area contributed by atoms with Gasteiger partial charge in [0, 0.05) is 19.8 Å². The van der Waals surface area contributed by atoms with Gasteiger partial charge < -0.3 is 9.64 Å². The monoisotopic (exact) mass is 171 g/mol. The Morgan fingerprint density at radius 1 is 1.46 bits per heavy atom. The van der Waals surface area contributed by atoms with Crippen molar-refractivity contribution in [3.63, 3.8) is 0 Å². The van der Waals surface area contributed by atoms with Crippen LogP contribution in [0.3, 0.4) is 0 Å². The number of ether oxygens (including phenoxy) is 1. The van der Waals surface area contributed by atoms with E-state index in [9.17, 15) is 4.79 Å². The predicted molar refractivity (Wildman–Crippen MR) is 45.0 cm³/mol. The summed E-state index contributed by atoms with van der Waals surface area (Å²) in [4.78, 5) is 12.4. The summed E-state index contributed by atoms with van der Waals surface area (Å²) in [5, 5.41) is 0. The molecule has 0 radical (unpaired) electrons. The fourth-order valence-electron chi connectivity index (χ4n) is 0.626. The van der Waals surface area contributed by atoms with E-state index in [0.717, 1.165) is 0 Å². The minimum Gasteiger partial charge on any atom is -0.437 e. The zero-order valence-electron chi connectivity index (χ0n) is 8.07. The standard InChI is InChI=1S/C9H10NO2.Li/c1-10(2)9(11)12-8-6-4-3-5-7-8;/h3-6H,1-2H3;/q-1;+1. The van der Waals surface area contributed by atoms with Crippen LogP contribution in [0.15, 0.2) is 24.3 Å². The Morgan fingerprint density at radius 3 is 2.62 bits per heavy atom. The maximum atomic E-state index is 11.0. The number of carbonyl (C=O) groups is 1. The Kier molecular flexibility index (Phi) is 5.29. The first-order valence-electron chi connectivity index (χ1n) is 3.56. The number of hydrogen-bond acceptors (Lipinski definition) is 2. The van der Waals surface area contributed by atoms with Gasteiger partial charge in [-0.2, -0.15) is 18.2 Å². The first-order valence-corrected chi connectivity index (χ1v) is 3.56. The summed E-state index contributed by atoms with van der Waals surface area (Å²) in [5.41, 5.74) is 0. The normalized spacial score (nSPS) is 8.46. The second kappa shape index (κ2) is 5.68. The van der Waals surface area contributed by atoms with E-state index < -0.39 is 6.09 Å². The summed E-state index contributed by atoms with van der Waals surface area (Å²) < 4.78 is 4.91. The minimum absolute atomic E-state index is 0. The van der Waals surface area contributed by atoms with Crippen molar-refractivity contribution in [3.8, 4) is 5.75 Å². The minimum atomic E-state index is -0.391. The molecule has 1 aromatic rings. The molecular weight excluding hydrogens is 161 g/mol. The van der Waals surface area contributed by atoms with E-state index in [0.29, 0.717) is 5.75 Å². The van der Waals surface area contributed by atoms with Crippen molar-refractivity contribution < 1.29 is 28.4 Å². The molecule has 0 spiro atoms. The Balaban J connectivity index is 0.00000144. The molecule has 64 valence electrons. The van der Waals surface area contributed by atoms with Gasteiger partial charge >= 0.3 is 25.0 Å². The molecule has 0 aromatic heterocycles. The van der Waals surface area contributed by atoms with Crippen LogP contribution in [0.2, 0.25) is 0 Å². The van der Waals surface area contributed by atoms with E-state index in [1.54, 1.807) is 32.3 Å². The van der Waals surface area contributed by atoms with Crippen molar-refractivity contribution in [2.45, 2.75) is 0 Å². The molecule has 13 heavy (non-hydrogen) atoms. The van der Waals surface area contributed by atoms with Gasteiger partial charge in [-0.15, -0.1) is 12.1 Å². The predicted octanol–water partition coefficient (Wildman–Crippen LogP) is -1.45. The van der Waals surface area contributed by atoms with Crippen LogP contribution in [0.1, 0.15) is 0 Å². The van der Waals surface area contributed by atoms with E-state index in [-0.39, 0.29) is 18.9 Å². The van der Waals surface area contributed by atoms with Gasteiger partial charge in [0.2, 0.25) is 0 Å². The molecule has 0 saturated carbocycles. The fraction of sp³-hybridized carbons (Fsp3) is 0.222. The van der Waals surface area contributed by atoms with Gasteiger partial charge in [0.05, 0.1) is 0 Å². The van der Waals surface area contributed by atoms with Crippen molar-refractivity contribution in [2.75, 3.05) is 14.1 Å². The topological polar surface area (TPSA) is 29.5 Å². The number of benzene rings is 1. The molecule has 0 fully saturated rings. The average Bonchev–Trinajstić information content (AvgIpc) is 2.06. The van der Waals surface area contributed by atoms with Crippen LogP contribution in [0.25, 0.3) is 0 Å². The summed E-state index contributed by atoms with van der Waals surface area (Å²) >= 11 is 0. The third-order valence-corrected chi connectivity index (χ3v) is 1.24. The quantitative estimate of drug-likeness (QED) is 0.382. The molecule has 1 rings (SSSR count). The van der Waals surface area contributed by atoms with Crippen molar-refractivity contribution in [1.82, 2.24) is 4.90 Å². The van der Waals surface area contributed by atoms with Crippen LogP contribution < -0.4 is 23.6 Å². The van der Waals surface area contributed by atoms with Crippen LogP contribution >= 0.6 is 0 Å². The summed E-state index contributed by atoms with van der Waals surface area (Å²) in [6.07, 6.45) is -0.391. The van der Waals surface area contributed by atoms with Gasteiger partial charge in [-0.3, -0.25) is 0 Å². The van der Waals surface area contributed by atoms with Gasteiger partial charge in [0.15, 0.2) is 0 Å². The van der Waals surface area contributed by atoms with Crippen LogP contribution in [-0.4, -0.2) is 25.1 Å². The third kappa shape index (κ3) is 4.02. The molecule has 0 saturated heterocycles. The molecule has 4 heteroatoms. The van der Waals surface area contributed by atoms with E-state index in [1.165, 1.54) is 4.90 Å². The molecular formula is C9H10LiNO2. The van der Waals surface area contributed by atoms with Crippen LogP contribution in [0.5, 0.6) is 5.75 Å². The van der Waals surface area contributed by atoms with Crippen molar-refractivity contribution in [2.24, 2.45) is 0 Å². The number of para-hydroxylation sites is 1. The first-order chi connectivity index (χ1) is 5.70. The third-order valence-electron chi connectivity index (χ3n) is 1.24. The summed E-state index contributed by atoms with van der Waals surface area (Å²) in [7, 11) is 3.26. The Bertz CT molecular complexity index is 262. The van der Waals surface area contributed by atoms with Gasteiger partial charge in [0.1, 0.15) is 0 Å². The van der Waals surface area contributed by atoms with Gasteiger partial charge in [-0.1, -0.05) is 0 Å². The molecule has 0 bridgehead atoms. The van der Waals surface area contributed by atoms with Crippen molar-refractivity contribution >= 4 is 6.09 Å². The maximum Gasteiger partial charge on any atom is 1.00 e. The number of amides is 1. The average molecular weight is 171 g/mol. The Labute approximate surface area is 89.9 Å². The van der Waals surface area contributed by atoms with E-state index in [1.807, 2.05) is 6.07 Å². The molecule has 0 N–H and O–H groups in total. The number of carbonyl (C=O) groups excluding carboxylic acids is 1. The number of hydrogen-bond donors (Lipinski definition) is 0. The molecule has 1 amide bonds. The SMILES string of the molecule is CN(C)C(=O)Oc1[c-]cccc1.[Li+]. The smallest absolute Gasteiger partial charge is 0.437 e. The molecule has 3 nitrogen and oxygen atoms in total. The van der Waals surface area contributed by atoms with Gasteiger partial charge in [-0.25, -0.2) is 4.79 Å². The number of rotatable bonds is 1. The van der Waals surface area contributed by atoms with E-state index in [2.05, 4.69) is 6.07 Å². The summed E-state index contributed by atoms with van der Waals surface area (Å²) in [6, 6.07) is 9.76. The molecule has 1 aromatic carbocycles. The molecule has 0 aliphatic rings. The van der Waals surface area contributed by atoms with E-state index >= 15 is 0 Å². The van der Waals surface area contributed by atoms with Crippen LogP contribution in [0, 0.1) is 6.07 Å². The largest absolute Gasteiger partial charge is 1.00 e. The molecule has 0 aliphatic heterocycles. The molecule has 0 unspecified atom stereocenters. The zero-order chi connectivity index (χ0) is 8.97. The summed E-state index contributed by atoms with van der Waals surface area (Å²) in [5.74, 6) is 0.441. The Hall–Kier alpha value is -0.913. The van der Waals surface area contributed by atoms with Crippen molar-refractivity contribution in [3.05, 3.63) is 30.3 Å². The Morgan fingerprint density at radius 2 is 2.15 bits per heavy atom. The van der Waals surface area contributed by atoms with Gasteiger partial charge in [-0.05, 0) is 0 Å². The van der Waals surface area contributed by atoms with Gasteiger partial charge in [0.25, 0.3) is 0 Å². The number of nitrogens with zero attached hydrogens (tertiary/aromatic N) is 1. The molecule has 0 heterocycles. The first kappa shape index (κ1) is 12.1. The second-order valence-electron chi connectivity index (χ2n) is 2.49. The summed E-state index contributed by atoms with van der Waals surface area (Å²) in [6.45, 7) is 0. The second-order valence-corrected chi connectivity index (χ2v) is 2.49. The molecule has 0 atom stereocenters. The van der Waals surface area contributed by atoms with Crippen molar-refractivity contribution in [1.29, 1.82) is 0 Å². The van der Waals surface area contributed by atoms with Crippen LogP contribution in [0.4, 0.5) is 4.79 Å². The fourth-order valence-corrected chi connectivity index (χ4v) is 0.626. The molecule has 0 aliphatic carbocycles. The van der Waals surface area contributed by atoms with E-state index in [4.69, 9.17) is 4.74 Å². The van der Waals surface area contributed by atoms with Crippen LogP contribution in [-0.2, 0) is 0 Å².